The SMILES string of the molecule is Cc1ncsc1CCC(=O)N[C@H](c1cccs1)C1CCCCC1. The number of hydrogen-bond donors (Lipinski definition) is 1. The lowest BCUT2D eigenvalue weighted by Crippen LogP contribution is -2.34. The second-order valence-electron chi connectivity index (χ2n) is 6.32. The van der Waals surface area contributed by atoms with Gasteiger partial charge in [0.15, 0.2) is 0 Å². The third-order valence-electron chi connectivity index (χ3n) is 4.71. The third kappa shape index (κ3) is 4.42. The highest BCUT2D eigenvalue weighted by atomic mass is 32.1. The minimum Gasteiger partial charge on any atom is -0.348 e. The standard InChI is InChI=1S/C18H24N2OS2/c1-13-15(23-12-19-13)9-10-17(21)20-18(16-8-5-11-22-16)14-6-3-2-4-7-14/h5,8,11-12,14,18H,2-4,6-7,9-10H2,1H3,(H,20,21)/t18-/m0/s1. The Kier molecular flexibility index (Phi) is 5.84. The van der Waals surface area contributed by atoms with Gasteiger partial charge in [-0.2, -0.15) is 0 Å². The molecule has 1 aliphatic rings. The van der Waals surface area contributed by atoms with Crippen molar-refractivity contribution in [1.29, 1.82) is 0 Å². The van der Waals surface area contributed by atoms with E-state index in [1.54, 1.807) is 22.7 Å². The van der Waals surface area contributed by atoms with Crippen LogP contribution in [0.1, 0.15) is 60.0 Å². The molecule has 1 N–H and O–H groups in total. The average Bonchev–Trinajstić information content (AvgIpc) is 3.23. The Bertz CT molecular complexity index is 615. The minimum atomic E-state index is 0.168. The Morgan fingerprint density at radius 3 is 2.83 bits per heavy atom. The zero-order chi connectivity index (χ0) is 16.1. The lowest BCUT2D eigenvalue weighted by molar-refractivity contribution is -0.122. The summed E-state index contributed by atoms with van der Waals surface area (Å²) in [7, 11) is 0. The molecule has 2 aromatic rings. The summed E-state index contributed by atoms with van der Waals surface area (Å²) < 4.78 is 0. The molecule has 2 aromatic heterocycles. The van der Waals surface area contributed by atoms with Crippen molar-refractivity contribution in [1.82, 2.24) is 10.3 Å². The van der Waals surface area contributed by atoms with Gasteiger partial charge >= 0.3 is 0 Å². The Morgan fingerprint density at radius 1 is 1.35 bits per heavy atom. The maximum Gasteiger partial charge on any atom is 0.220 e. The lowest BCUT2D eigenvalue weighted by Gasteiger charge is -2.30. The van der Waals surface area contributed by atoms with E-state index in [0.29, 0.717) is 12.3 Å². The molecule has 0 spiro atoms. The molecular formula is C18H24N2OS2. The maximum atomic E-state index is 12.5. The van der Waals surface area contributed by atoms with Crippen LogP contribution in [0, 0.1) is 12.8 Å². The topological polar surface area (TPSA) is 42.0 Å². The Labute approximate surface area is 146 Å². The summed E-state index contributed by atoms with van der Waals surface area (Å²) in [6, 6.07) is 4.45. The Hall–Kier alpha value is -1.20. The molecule has 0 unspecified atom stereocenters. The predicted molar refractivity (Wildman–Crippen MR) is 96.9 cm³/mol. The van der Waals surface area contributed by atoms with Gasteiger partial charge in [0.1, 0.15) is 0 Å². The highest BCUT2D eigenvalue weighted by Crippen LogP contribution is 2.36. The number of rotatable bonds is 6. The van der Waals surface area contributed by atoms with Crippen LogP contribution < -0.4 is 5.32 Å². The van der Waals surface area contributed by atoms with Crippen molar-refractivity contribution >= 4 is 28.6 Å². The molecule has 1 fully saturated rings. The molecule has 0 saturated heterocycles. The van der Waals surface area contributed by atoms with Crippen LogP contribution >= 0.6 is 22.7 Å². The number of aryl methyl sites for hydroxylation is 2. The second-order valence-corrected chi connectivity index (χ2v) is 8.24. The number of carbonyl (C=O) groups is 1. The number of nitrogens with one attached hydrogen (secondary N) is 1. The normalized spacial score (nSPS) is 17.1. The van der Waals surface area contributed by atoms with Crippen LogP contribution in [-0.4, -0.2) is 10.9 Å². The molecule has 23 heavy (non-hydrogen) atoms. The largest absolute Gasteiger partial charge is 0.348 e. The monoisotopic (exact) mass is 348 g/mol. The first kappa shape index (κ1) is 16.7. The van der Waals surface area contributed by atoms with E-state index in [4.69, 9.17) is 0 Å². The molecule has 0 bridgehead atoms. The van der Waals surface area contributed by atoms with Crippen LogP contribution in [-0.2, 0) is 11.2 Å². The first-order chi connectivity index (χ1) is 11.2. The van der Waals surface area contributed by atoms with Gasteiger partial charge < -0.3 is 5.32 Å². The molecule has 0 radical (unpaired) electrons. The fourth-order valence-corrected chi connectivity index (χ4v) is 5.05. The van der Waals surface area contributed by atoms with Crippen LogP contribution in [0.5, 0.6) is 0 Å². The van der Waals surface area contributed by atoms with Gasteiger partial charge in [0, 0.05) is 16.2 Å². The third-order valence-corrected chi connectivity index (χ3v) is 6.66. The van der Waals surface area contributed by atoms with Gasteiger partial charge in [0.2, 0.25) is 5.91 Å². The van der Waals surface area contributed by atoms with Crippen LogP contribution in [0.25, 0.3) is 0 Å². The van der Waals surface area contributed by atoms with Crippen LogP contribution in [0.3, 0.4) is 0 Å². The molecule has 0 aliphatic heterocycles. The Balaban J connectivity index is 1.61. The number of nitrogens with zero attached hydrogens (tertiary/aromatic N) is 1. The summed E-state index contributed by atoms with van der Waals surface area (Å²) in [6.07, 6.45) is 7.74. The van der Waals surface area contributed by atoms with E-state index < -0.39 is 0 Å². The number of aromatic nitrogens is 1. The number of hydrogen-bond acceptors (Lipinski definition) is 4. The molecule has 1 aliphatic carbocycles. The van der Waals surface area contributed by atoms with E-state index in [-0.39, 0.29) is 11.9 Å². The number of amides is 1. The molecule has 124 valence electrons. The van der Waals surface area contributed by atoms with Gasteiger partial charge in [-0.1, -0.05) is 25.3 Å². The first-order valence-electron chi connectivity index (χ1n) is 8.46. The number of carbonyl (C=O) groups excluding carboxylic acids is 1. The average molecular weight is 349 g/mol. The fraction of sp³-hybridized carbons (Fsp3) is 0.556. The zero-order valence-electron chi connectivity index (χ0n) is 13.6. The van der Waals surface area contributed by atoms with Gasteiger partial charge in [-0.3, -0.25) is 4.79 Å². The molecule has 1 saturated carbocycles. The molecule has 5 heteroatoms. The summed E-state index contributed by atoms with van der Waals surface area (Å²) >= 11 is 3.41. The predicted octanol–water partition coefficient (Wildman–Crippen LogP) is 4.88. The molecule has 3 rings (SSSR count). The molecule has 2 heterocycles. The van der Waals surface area contributed by atoms with Gasteiger partial charge in [-0.05, 0) is 43.6 Å². The van der Waals surface area contributed by atoms with Gasteiger partial charge in [-0.15, -0.1) is 22.7 Å². The van der Waals surface area contributed by atoms with Gasteiger partial charge in [0.05, 0.1) is 17.2 Å². The van der Waals surface area contributed by atoms with Crippen molar-refractivity contribution in [3.8, 4) is 0 Å². The van der Waals surface area contributed by atoms with Crippen LogP contribution in [0.15, 0.2) is 23.0 Å². The van der Waals surface area contributed by atoms with Crippen molar-refractivity contribution in [3.05, 3.63) is 38.5 Å². The molecular weight excluding hydrogens is 324 g/mol. The molecule has 1 atom stereocenters. The number of thiophene rings is 1. The lowest BCUT2D eigenvalue weighted by atomic mass is 9.83. The summed E-state index contributed by atoms with van der Waals surface area (Å²) in [5.74, 6) is 0.762. The summed E-state index contributed by atoms with van der Waals surface area (Å²) in [5.41, 5.74) is 2.92. The van der Waals surface area contributed by atoms with E-state index in [1.165, 1.54) is 41.9 Å². The van der Waals surface area contributed by atoms with Gasteiger partial charge in [-0.25, -0.2) is 4.98 Å². The van der Waals surface area contributed by atoms with Crippen molar-refractivity contribution in [2.24, 2.45) is 5.92 Å². The van der Waals surface area contributed by atoms with E-state index in [9.17, 15) is 4.79 Å². The van der Waals surface area contributed by atoms with Crippen molar-refractivity contribution in [3.63, 3.8) is 0 Å². The zero-order valence-corrected chi connectivity index (χ0v) is 15.2. The fourth-order valence-electron chi connectivity index (χ4n) is 3.40. The maximum absolute atomic E-state index is 12.5. The summed E-state index contributed by atoms with van der Waals surface area (Å²) in [4.78, 5) is 19.3. The van der Waals surface area contributed by atoms with Crippen LogP contribution in [0.2, 0.25) is 0 Å². The molecule has 0 aromatic carbocycles. The quantitative estimate of drug-likeness (QED) is 0.808. The van der Waals surface area contributed by atoms with Crippen LogP contribution in [0.4, 0.5) is 0 Å². The van der Waals surface area contributed by atoms with E-state index >= 15 is 0 Å². The first-order valence-corrected chi connectivity index (χ1v) is 10.2. The Morgan fingerprint density at radius 2 is 2.17 bits per heavy atom. The summed E-state index contributed by atoms with van der Waals surface area (Å²) in [5, 5.41) is 5.44. The summed E-state index contributed by atoms with van der Waals surface area (Å²) in [6.45, 7) is 2.01. The highest BCUT2D eigenvalue weighted by molar-refractivity contribution is 7.10. The van der Waals surface area contributed by atoms with E-state index in [0.717, 1.165) is 12.1 Å². The molecule has 3 nitrogen and oxygen atoms in total. The second kappa shape index (κ2) is 8.06. The van der Waals surface area contributed by atoms with Crippen molar-refractivity contribution < 1.29 is 4.79 Å². The van der Waals surface area contributed by atoms with Crippen molar-refractivity contribution in [2.45, 2.75) is 57.9 Å². The van der Waals surface area contributed by atoms with E-state index in [2.05, 4.69) is 27.8 Å². The van der Waals surface area contributed by atoms with Gasteiger partial charge in [0.25, 0.3) is 0 Å². The molecule has 1 amide bonds. The highest BCUT2D eigenvalue weighted by Gasteiger charge is 2.27. The van der Waals surface area contributed by atoms with Crippen molar-refractivity contribution in [2.75, 3.05) is 0 Å². The van der Waals surface area contributed by atoms with E-state index in [1.807, 2.05) is 12.4 Å². The minimum absolute atomic E-state index is 0.168. The number of thiazole rings is 1. The smallest absolute Gasteiger partial charge is 0.220 e.